The van der Waals surface area contributed by atoms with E-state index in [1.54, 1.807) is 364 Å². The van der Waals surface area contributed by atoms with Gasteiger partial charge in [0.05, 0.1) is 0 Å². The Hall–Kier alpha value is -9.93. The molecule has 0 N–H and O–H groups in total. The molecule has 0 unspecified atom stereocenters. The molecule has 0 heterocycles. The second-order valence-corrected chi connectivity index (χ2v) is 27.1. The Balaban J connectivity index is 0.000000194. The molecule has 12 rings (SSSR count). The van der Waals surface area contributed by atoms with Crippen molar-refractivity contribution in [3.8, 4) is 69.0 Å². The van der Waals surface area contributed by atoms with E-state index >= 15 is 0 Å². The number of hydrogen-bond acceptors (Lipinski definition) is 24. The molecular weight excluding hydrogens is 1530 g/mol. The molecule has 12 aromatic rings. The van der Waals surface area contributed by atoms with E-state index in [2.05, 4.69) is 0 Å². The van der Waals surface area contributed by atoms with Crippen molar-refractivity contribution < 1.29 is 132 Å². The van der Waals surface area contributed by atoms with Crippen molar-refractivity contribution in [2.24, 2.45) is 0 Å². The molecule has 0 saturated heterocycles. The van der Waals surface area contributed by atoms with Crippen LogP contribution in [0.15, 0.2) is 364 Å². The van der Waals surface area contributed by atoms with Gasteiger partial charge >= 0.3 is 68.0 Å². The van der Waals surface area contributed by atoms with Crippen LogP contribution in [0, 0.1) is 0 Å². The van der Waals surface area contributed by atoms with Crippen LogP contribution < -0.4 is 83.6 Å². The van der Waals surface area contributed by atoms with Crippen LogP contribution in [0.5, 0.6) is 69.0 Å². The molecule has 31 heteroatoms. The van der Waals surface area contributed by atoms with Gasteiger partial charge in [-0.25, -0.2) is 27.4 Å². The molecule has 0 bridgehead atoms. The Bertz CT molecular complexity index is 3580. The molecule has 0 saturated carbocycles. The number of hydrogen-bond donors (Lipinski definition) is 0. The maximum atomic E-state index is 11.6. The fourth-order valence-electron chi connectivity index (χ4n) is 7.44. The van der Waals surface area contributed by atoms with E-state index in [1.807, 2.05) is 0 Å². The summed E-state index contributed by atoms with van der Waals surface area (Å²) in [7, 11) is -26.3. The van der Waals surface area contributed by atoms with Crippen molar-refractivity contribution in [1.29, 1.82) is 0 Å². The average Bonchev–Trinajstić information content (AvgIpc) is 0.933. The number of phosphoric acid groups is 6. The zero-order chi connectivity index (χ0) is 72.8. The Morgan fingerprint density at radius 3 is 0.252 bits per heavy atom. The average molecular weight is 1590 g/mol. The van der Waals surface area contributed by atoms with Crippen molar-refractivity contribution in [2.75, 3.05) is 0 Å². The SMILES string of the molecule is O=P([O-])(Oc1ccccc1)Oc1ccccc1.O=P([O-])(Oc1ccccc1)Oc1ccccc1.O=P([O-])(Oc1ccccc1)Oc1ccccc1.O=P([O-])(Oc1ccccc1)Oc1ccccc1.O=P([O-])(Oc1ccccc1)Oc1ccccc1.O=P([O-])(Oc1ccccc1)Oc1ccccc1.[Mo+6]. The maximum Gasteiger partial charge on any atom is 6.00 e. The Kier molecular flexibility index (Phi) is 33.8. The molecular formula is C72H60MoO24P6. The fraction of sp³-hybridized carbons (Fsp3) is 0. The summed E-state index contributed by atoms with van der Waals surface area (Å²) in [6.45, 7) is 0. The predicted octanol–water partition coefficient (Wildman–Crippen LogP) is 15.7. The van der Waals surface area contributed by atoms with E-state index in [0.29, 0.717) is 0 Å². The van der Waals surface area contributed by atoms with E-state index in [4.69, 9.17) is 54.3 Å². The minimum Gasteiger partial charge on any atom is -0.736 e. The molecule has 0 spiro atoms. The summed E-state index contributed by atoms with van der Waals surface area (Å²) in [4.78, 5) is 69.3. The Morgan fingerprint density at radius 2 is 0.194 bits per heavy atom. The third-order valence-electron chi connectivity index (χ3n) is 11.5. The standard InChI is InChI=1S/6C12H11O4P.Mo/c6*13-17(14,15-11-7-3-1-4-8-11)16-12-9-5-2-6-10-12;/h6*1-10H,(H,13,14);/q;;;;;;+6/p-6. The summed E-state index contributed by atoms with van der Waals surface area (Å²) >= 11 is 0. The van der Waals surface area contributed by atoms with Crippen LogP contribution in [0.25, 0.3) is 0 Å². The largest absolute Gasteiger partial charge is 6.00 e. The van der Waals surface area contributed by atoms with Crippen molar-refractivity contribution in [3.05, 3.63) is 364 Å². The van der Waals surface area contributed by atoms with Gasteiger partial charge in [0.25, 0.3) is 0 Å². The molecule has 0 aliphatic carbocycles. The van der Waals surface area contributed by atoms with Crippen LogP contribution in [0.2, 0.25) is 0 Å². The van der Waals surface area contributed by atoms with Crippen LogP contribution in [0.1, 0.15) is 0 Å². The minimum absolute atomic E-state index is 0. The molecule has 0 aliphatic heterocycles. The van der Waals surface area contributed by atoms with E-state index in [-0.39, 0.29) is 90.1 Å². The molecule has 0 atom stereocenters. The maximum absolute atomic E-state index is 11.6. The van der Waals surface area contributed by atoms with Gasteiger partial charge < -0.3 is 83.6 Å². The third kappa shape index (κ3) is 35.0. The van der Waals surface area contributed by atoms with Gasteiger partial charge in [0.1, 0.15) is 69.0 Å². The fourth-order valence-corrected chi connectivity index (χ4v) is 12.2. The first-order chi connectivity index (χ1) is 48.9. The smallest absolute Gasteiger partial charge is 0.736 e. The monoisotopic (exact) mass is 1590 g/mol. The topological polar surface area (TPSA) is 352 Å². The van der Waals surface area contributed by atoms with Crippen LogP contribution in [0.4, 0.5) is 0 Å². The van der Waals surface area contributed by atoms with Gasteiger partial charge in [0.2, 0.25) is 0 Å². The molecule has 12 aromatic carbocycles. The van der Waals surface area contributed by atoms with E-state index < -0.39 is 46.9 Å². The second kappa shape index (κ2) is 42.5. The van der Waals surface area contributed by atoms with Gasteiger partial charge in [-0.3, -0.25) is 0 Å². The molecule has 24 nitrogen and oxygen atoms in total. The van der Waals surface area contributed by atoms with Crippen LogP contribution in [-0.2, 0) is 48.5 Å². The predicted molar refractivity (Wildman–Crippen MR) is 370 cm³/mol. The number of benzene rings is 12. The van der Waals surface area contributed by atoms with E-state index in [0.717, 1.165) is 0 Å². The molecule has 0 aliphatic rings. The van der Waals surface area contributed by atoms with Gasteiger partial charge in [0, 0.05) is 0 Å². The third-order valence-corrected chi connectivity index (χ3v) is 16.7. The van der Waals surface area contributed by atoms with Gasteiger partial charge in [-0.15, -0.1) is 0 Å². The number of para-hydroxylation sites is 12. The summed E-state index contributed by atoms with van der Waals surface area (Å²) in [6.07, 6.45) is 0. The Morgan fingerprint density at radius 1 is 0.136 bits per heavy atom. The summed E-state index contributed by atoms with van der Waals surface area (Å²) in [5.74, 6) is 2.69. The zero-order valence-corrected chi connectivity index (χ0v) is 60.9. The van der Waals surface area contributed by atoms with Gasteiger partial charge in [-0.2, -0.15) is 0 Å². The second-order valence-electron chi connectivity index (χ2n) is 19.5. The van der Waals surface area contributed by atoms with Crippen LogP contribution in [-0.4, -0.2) is 0 Å². The van der Waals surface area contributed by atoms with Gasteiger partial charge in [0.15, 0.2) is 0 Å². The molecule has 0 fully saturated rings. The van der Waals surface area contributed by atoms with Crippen molar-refractivity contribution in [2.45, 2.75) is 0 Å². The molecule has 103 heavy (non-hydrogen) atoms. The summed E-state index contributed by atoms with van der Waals surface area (Å²) < 4.78 is 127. The quantitative estimate of drug-likeness (QED) is 0.0400. The van der Waals surface area contributed by atoms with Crippen molar-refractivity contribution >= 4 is 46.9 Å². The van der Waals surface area contributed by atoms with Gasteiger partial charge in [-0.05, 0) is 146 Å². The molecule has 0 aromatic heterocycles. The van der Waals surface area contributed by atoms with Crippen molar-refractivity contribution in [1.82, 2.24) is 0 Å². The Labute approximate surface area is 608 Å². The summed E-state index contributed by atoms with van der Waals surface area (Å²) in [5.41, 5.74) is 0. The molecule has 528 valence electrons. The van der Waals surface area contributed by atoms with E-state index in [1.165, 1.54) is 0 Å². The number of rotatable bonds is 24. The zero-order valence-electron chi connectivity index (χ0n) is 53.5. The molecule has 0 amide bonds. The number of phosphoric ester groups is 6. The van der Waals surface area contributed by atoms with Crippen LogP contribution in [0.3, 0.4) is 0 Å². The van der Waals surface area contributed by atoms with Gasteiger partial charge in [-0.1, -0.05) is 218 Å². The first kappa shape index (κ1) is 82.0. The summed E-state index contributed by atoms with van der Waals surface area (Å²) in [5, 5.41) is 0. The van der Waals surface area contributed by atoms with E-state index in [9.17, 15) is 56.8 Å². The van der Waals surface area contributed by atoms with Crippen LogP contribution >= 0.6 is 46.9 Å². The minimum atomic E-state index is -4.39. The normalized spacial score (nSPS) is 10.8. The van der Waals surface area contributed by atoms with Crippen molar-refractivity contribution in [3.63, 3.8) is 0 Å². The first-order valence-corrected chi connectivity index (χ1v) is 38.5. The summed E-state index contributed by atoms with van der Waals surface area (Å²) in [6, 6.07) is 98.4. The molecule has 0 radical (unpaired) electrons. The first-order valence-electron chi connectivity index (χ1n) is 29.8.